The lowest BCUT2D eigenvalue weighted by molar-refractivity contribution is 0.0514. The number of furan rings is 1. The Morgan fingerprint density at radius 1 is 1.07 bits per heavy atom. The van der Waals surface area contributed by atoms with Crippen molar-refractivity contribution in [2.75, 3.05) is 32.8 Å². The third kappa shape index (κ3) is 3.46. The van der Waals surface area contributed by atoms with Gasteiger partial charge in [-0.2, -0.15) is 0 Å². The first-order valence-corrected chi connectivity index (χ1v) is 9.88. The summed E-state index contributed by atoms with van der Waals surface area (Å²) in [5.41, 5.74) is 1.97. The first-order chi connectivity index (χ1) is 14.1. The first kappa shape index (κ1) is 19.0. The Morgan fingerprint density at radius 2 is 1.79 bits per heavy atom. The third-order valence-electron chi connectivity index (χ3n) is 5.11. The quantitative estimate of drug-likeness (QED) is 0.662. The van der Waals surface area contributed by atoms with Gasteiger partial charge >= 0.3 is 0 Å². The molecule has 0 radical (unpaired) electrons. The van der Waals surface area contributed by atoms with Crippen LogP contribution in [-0.4, -0.2) is 63.8 Å². The number of imidazole rings is 1. The summed E-state index contributed by atoms with van der Waals surface area (Å²) in [4.78, 5) is 33.9. The Morgan fingerprint density at radius 3 is 2.41 bits per heavy atom. The number of rotatable bonds is 5. The molecule has 0 N–H and O–H groups in total. The topological polar surface area (TPSA) is 80.3 Å². The minimum absolute atomic E-state index is 0.0758. The lowest BCUT2D eigenvalue weighted by atomic mass is 10.2. The molecule has 1 aliphatic rings. The van der Waals surface area contributed by atoms with Crippen molar-refractivity contribution < 1.29 is 18.7 Å². The van der Waals surface area contributed by atoms with Crippen molar-refractivity contribution in [3.05, 3.63) is 53.9 Å². The minimum Gasteiger partial charge on any atom is -0.490 e. The van der Waals surface area contributed by atoms with Gasteiger partial charge in [-0.1, -0.05) is 6.92 Å². The van der Waals surface area contributed by atoms with E-state index in [1.807, 2.05) is 36.6 Å². The van der Waals surface area contributed by atoms with E-state index in [-0.39, 0.29) is 11.8 Å². The molecule has 0 bridgehead atoms. The van der Waals surface area contributed by atoms with E-state index >= 15 is 0 Å². The van der Waals surface area contributed by atoms with Crippen LogP contribution in [0.3, 0.4) is 0 Å². The van der Waals surface area contributed by atoms with Crippen LogP contribution in [-0.2, 0) is 6.42 Å². The van der Waals surface area contributed by atoms with Crippen LogP contribution >= 0.6 is 0 Å². The maximum Gasteiger partial charge on any atom is 0.289 e. The van der Waals surface area contributed by atoms with Crippen LogP contribution in [0.25, 0.3) is 5.65 Å². The zero-order valence-corrected chi connectivity index (χ0v) is 16.6. The third-order valence-corrected chi connectivity index (χ3v) is 5.11. The number of hydrogen-bond acceptors (Lipinski definition) is 5. The van der Waals surface area contributed by atoms with Gasteiger partial charge in [0.15, 0.2) is 17.2 Å². The van der Waals surface area contributed by atoms with Gasteiger partial charge in [0.05, 0.1) is 18.6 Å². The molecule has 3 aromatic heterocycles. The fourth-order valence-corrected chi connectivity index (χ4v) is 3.65. The molecular formula is C21H24N4O4. The average Bonchev–Trinajstić information content (AvgIpc) is 3.41. The second kappa shape index (κ2) is 7.98. The summed E-state index contributed by atoms with van der Waals surface area (Å²) < 4.78 is 12.7. The van der Waals surface area contributed by atoms with Gasteiger partial charge in [-0.3, -0.25) is 14.0 Å². The summed E-state index contributed by atoms with van der Waals surface area (Å²) in [6.07, 6.45) is 3.97. The lowest BCUT2D eigenvalue weighted by Gasteiger charge is -2.34. The van der Waals surface area contributed by atoms with Crippen LogP contribution in [0, 0.1) is 0 Å². The number of ether oxygens (including phenoxy) is 1. The summed E-state index contributed by atoms with van der Waals surface area (Å²) in [5, 5.41) is 0. The zero-order valence-electron chi connectivity index (χ0n) is 16.6. The normalized spacial score (nSPS) is 14.4. The average molecular weight is 396 g/mol. The number of carbonyl (C=O) groups is 2. The summed E-state index contributed by atoms with van der Waals surface area (Å²) in [6, 6.07) is 7.07. The van der Waals surface area contributed by atoms with Crippen molar-refractivity contribution in [1.82, 2.24) is 19.2 Å². The summed E-state index contributed by atoms with van der Waals surface area (Å²) in [5.74, 6) is 0.765. The summed E-state index contributed by atoms with van der Waals surface area (Å²) >= 11 is 0. The van der Waals surface area contributed by atoms with Crippen molar-refractivity contribution >= 4 is 17.5 Å². The molecule has 0 spiro atoms. The van der Waals surface area contributed by atoms with Gasteiger partial charge in [0.2, 0.25) is 0 Å². The number of fused-ring (bicyclic) bond motifs is 1. The Balaban J connectivity index is 1.55. The molecule has 0 aromatic carbocycles. The molecular weight excluding hydrogens is 372 g/mol. The van der Waals surface area contributed by atoms with Crippen LogP contribution in [0.5, 0.6) is 5.75 Å². The lowest BCUT2D eigenvalue weighted by Crippen LogP contribution is -2.50. The van der Waals surface area contributed by atoms with E-state index in [0.29, 0.717) is 62.1 Å². The van der Waals surface area contributed by atoms with Gasteiger partial charge < -0.3 is 19.0 Å². The van der Waals surface area contributed by atoms with Gasteiger partial charge in [-0.25, -0.2) is 4.98 Å². The van der Waals surface area contributed by atoms with Crippen molar-refractivity contribution in [3.63, 3.8) is 0 Å². The number of pyridine rings is 1. The largest absolute Gasteiger partial charge is 0.490 e. The number of carbonyl (C=O) groups excluding carboxylic acids is 2. The summed E-state index contributed by atoms with van der Waals surface area (Å²) in [6.45, 7) is 6.30. The molecule has 0 saturated carbocycles. The van der Waals surface area contributed by atoms with E-state index in [2.05, 4.69) is 4.98 Å². The molecule has 0 atom stereocenters. The highest BCUT2D eigenvalue weighted by molar-refractivity contribution is 5.96. The number of amides is 2. The SMILES string of the molecule is CCOc1cccn2c(C(=O)N3CCN(C(=O)c4ccco4)CC3)c(CC)nc12. The Bertz CT molecular complexity index is 1020. The molecule has 0 aliphatic carbocycles. The van der Waals surface area contributed by atoms with Gasteiger partial charge in [0.25, 0.3) is 11.8 Å². The van der Waals surface area contributed by atoms with E-state index in [1.54, 1.807) is 21.9 Å². The highest BCUT2D eigenvalue weighted by Crippen LogP contribution is 2.24. The monoisotopic (exact) mass is 396 g/mol. The van der Waals surface area contributed by atoms with Crippen LogP contribution < -0.4 is 4.74 Å². The van der Waals surface area contributed by atoms with E-state index in [9.17, 15) is 9.59 Å². The van der Waals surface area contributed by atoms with E-state index in [4.69, 9.17) is 9.15 Å². The molecule has 8 nitrogen and oxygen atoms in total. The van der Waals surface area contributed by atoms with E-state index in [0.717, 1.165) is 5.69 Å². The molecule has 1 saturated heterocycles. The van der Waals surface area contributed by atoms with E-state index < -0.39 is 0 Å². The number of aromatic nitrogens is 2. The Kier molecular flexibility index (Phi) is 5.24. The van der Waals surface area contributed by atoms with Gasteiger partial charge in [-0.05, 0) is 37.6 Å². The summed E-state index contributed by atoms with van der Waals surface area (Å²) in [7, 11) is 0. The maximum absolute atomic E-state index is 13.3. The Hall–Kier alpha value is -3.29. The maximum atomic E-state index is 13.3. The Labute approximate surface area is 168 Å². The first-order valence-electron chi connectivity index (χ1n) is 9.88. The van der Waals surface area contributed by atoms with Gasteiger partial charge in [0, 0.05) is 32.4 Å². The number of aryl methyl sites for hydroxylation is 1. The number of nitrogens with zero attached hydrogens (tertiary/aromatic N) is 4. The number of piperazine rings is 1. The van der Waals surface area contributed by atoms with Crippen molar-refractivity contribution in [2.24, 2.45) is 0 Å². The van der Waals surface area contributed by atoms with Crippen molar-refractivity contribution in [3.8, 4) is 5.75 Å². The molecule has 1 fully saturated rings. The molecule has 8 heteroatoms. The smallest absolute Gasteiger partial charge is 0.289 e. The van der Waals surface area contributed by atoms with Gasteiger partial charge in [-0.15, -0.1) is 0 Å². The molecule has 1 aliphatic heterocycles. The predicted octanol–water partition coefficient (Wildman–Crippen LogP) is 2.49. The standard InChI is InChI=1S/C21H24N4O4/c1-3-15-18(25-9-5-7-16(28-4-2)19(25)22-15)21(27)24-12-10-23(11-13-24)20(26)17-8-6-14-29-17/h5-9,14H,3-4,10-13H2,1-2H3. The molecule has 152 valence electrons. The second-order valence-corrected chi connectivity index (χ2v) is 6.82. The molecule has 4 heterocycles. The molecule has 0 unspecified atom stereocenters. The van der Waals surface area contributed by atoms with E-state index in [1.165, 1.54) is 6.26 Å². The number of hydrogen-bond donors (Lipinski definition) is 0. The predicted molar refractivity (Wildman–Crippen MR) is 106 cm³/mol. The van der Waals surface area contributed by atoms with Gasteiger partial charge in [0.1, 0.15) is 5.69 Å². The highest BCUT2D eigenvalue weighted by Gasteiger charge is 2.29. The molecule has 2 amide bonds. The fraction of sp³-hybridized carbons (Fsp3) is 0.381. The second-order valence-electron chi connectivity index (χ2n) is 6.82. The van der Waals surface area contributed by atoms with Crippen LogP contribution in [0.2, 0.25) is 0 Å². The van der Waals surface area contributed by atoms with Crippen molar-refractivity contribution in [1.29, 1.82) is 0 Å². The van der Waals surface area contributed by atoms with Crippen molar-refractivity contribution in [2.45, 2.75) is 20.3 Å². The van der Waals surface area contributed by atoms with Crippen LogP contribution in [0.15, 0.2) is 41.1 Å². The van der Waals surface area contributed by atoms with Crippen LogP contribution in [0.1, 0.15) is 40.6 Å². The highest BCUT2D eigenvalue weighted by atomic mass is 16.5. The minimum atomic E-state index is -0.146. The molecule has 3 aromatic rings. The molecule has 29 heavy (non-hydrogen) atoms. The molecule has 4 rings (SSSR count). The zero-order chi connectivity index (χ0) is 20.4. The van der Waals surface area contributed by atoms with Crippen LogP contribution in [0.4, 0.5) is 0 Å². The fourth-order valence-electron chi connectivity index (χ4n) is 3.65.